The third-order valence-corrected chi connectivity index (χ3v) is 19.9. The van der Waals surface area contributed by atoms with E-state index in [-0.39, 0.29) is 86.2 Å². The molecule has 0 unspecified atom stereocenters. The number of hydrogen-bond acceptors (Lipinski definition) is 18. The number of nitrogens with two attached hydrogens (primary N) is 6. The highest BCUT2D eigenvalue weighted by atomic mass is 16.5. The Bertz CT molecular complexity index is 4810. The fourth-order valence-electron chi connectivity index (χ4n) is 14.8. The number of anilines is 3. The number of pyridine rings is 2. The van der Waals surface area contributed by atoms with Gasteiger partial charge in [0, 0.05) is 109 Å². The number of likely N-dealkylation sites (N-methyl/N-ethyl adjacent to an activating group) is 1. The first-order valence-electron chi connectivity index (χ1n) is 34.0. The maximum atomic E-state index is 12.4. The summed E-state index contributed by atoms with van der Waals surface area (Å²) in [6.07, 6.45) is 13.1. The number of rotatable bonds is 19. The lowest BCUT2D eigenvalue weighted by molar-refractivity contribution is -0.149. The van der Waals surface area contributed by atoms with Gasteiger partial charge in [-0.25, -0.2) is 24.0 Å². The number of benzene rings is 4. The highest BCUT2D eigenvalue weighted by Gasteiger charge is 2.57. The van der Waals surface area contributed by atoms with Gasteiger partial charge < -0.3 is 68.2 Å². The van der Waals surface area contributed by atoms with E-state index in [2.05, 4.69) is 38.6 Å². The number of primary amides is 3. The molecule has 104 heavy (non-hydrogen) atoms. The summed E-state index contributed by atoms with van der Waals surface area (Å²) in [6, 6.07) is 42.6. The highest BCUT2D eigenvalue weighted by Crippen LogP contribution is 2.57. The highest BCUT2D eigenvalue weighted by molar-refractivity contribution is 6.05. The first-order valence-corrected chi connectivity index (χ1v) is 34.0. The number of nitrogens with zero attached hydrogens (tertiary/aromatic N) is 12. The van der Waals surface area contributed by atoms with E-state index in [9.17, 15) is 28.8 Å². The number of likely N-dealkylation sites (tertiary alicyclic amines) is 3. The van der Waals surface area contributed by atoms with Crippen LogP contribution in [0.5, 0.6) is 34.8 Å². The molecule has 0 atom stereocenters. The van der Waals surface area contributed by atoms with Gasteiger partial charge in [-0.05, 0) is 144 Å². The molecule has 3 saturated heterocycles. The number of carbonyl (C=O) groups is 6. The number of amides is 6. The Morgan fingerprint density at radius 2 is 0.837 bits per heavy atom. The Kier molecular flexibility index (Phi) is 19.4. The first-order chi connectivity index (χ1) is 50.0. The van der Waals surface area contributed by atoms with E-state index in [0.29, 0.717) is 83.4 Å². The molecule has 3 aliphatic heterocycles. The van der Waals surface area contributed by atoms with Gasteiger partial charge in [-0.15, -0.1) is 0 Å². The van der Waals surface area contributed by atoms with E-state index >= 15 is 0 Å². The van der Waals surface area contributed by atoms with Gasteiger partial charge in [-0.1, -0.05) is 73.2 Å². The summed E-state index contributed by atoms with van der Waals surface area (Å²) >= 11 is 0. The van der Waals surface area contributed by atoms with Gasteiger partial charge in [0.15, 0.2) is 0 Å². The van der Waals surface area contributed by atoms with E-state index in [1.165, 1.54) is 6.08 Å². The average molecular weight is 1400 g/mol. The predicted molar refractivity (Wildman–Crippen MR) is 390 cm³/mol. The average Bonchev–Trinajstić information content (AvgIpc) is 1.26. The van der Waals surface area contributed by atoms with E-state index in [1.54, 1.807) is 73.5 Å². The van der Waals surface area contributed by atoms with Crippen molar-refractivity contribution in [3.8, 4) is 80.4 Å². The van der Waals surface area contributed by atoms with Crippen LogP contribution in [0.25, 0.3) is 33.8 Å². The number of para-hydroxylation sites is 3. The van der Waals surface area contributed by atoms with E-state index in [1.807, 2.05) is 145 Å². The molecular weight excluding hydrogens is 1320 g/mol. The number of carbonyl (C=O) groups excluding carboxylic acids is 6. The molecule has 8 heterocycles. The molecule has 6 fully saturated rings. The molecule has 9 aromatic rings. The van der Waals surface area contributed by atoms with Crippen molar-refractivity contribution in [2.75, 3.05) is 77.1 Å². The monoisotopic (exact) mass is 1400 g/mol. The smallest absolute Gasteiger partial charge is 0.298 e. The normalized spacial score (nSPS) is 16.5. The maximum Gasteiger partial charge on any atom is 0.298 e. The van der Waals surface area contributed by atoms with Crippen LogP contribution >= 0.6 is 0 Å². The van der Waals surface area contributed by atoms with Crippen molar-refractivity contribution in [2.45, 2.75) is 63.6 Å². The van der Waals surface area contributed by atoms with Gasteiger partial charge in [-0.2, -0.15) is 15.3 Å². The van der Waals surface area contributed by atoms with Gasteiger partial charge in [0.2, 0.25) is 23.6 Å². The van der Waals surface area contributed by atoms with Gasteiger partial charge in [0.05, 0.1) is 18.1 Å². The molecule has 532 valence electrons. The molecule has 4 aromatic carbocycles. The molecule has 6 amide bonds. The molecule has 6 aliphatic rings. The van der Waals surface area contributed by atoms with Crippen LogP contribution in [0, 0.1) is 28.1 Å². The second-order valence-corrected chi connectivity index (χ2v) is 27.8. The molecule has 3 aliphatic carbocycles. The fraction of sp³-hybridized carbons (Fsp3) is 0.286. The number of nitrogen functional groups attached to an aromatic ring is 3. The Morgan fingerprint density at radius 1 is 0.490 bits per heavy atom. The second kappa shape index (κ2) is 28.8. The Labute approximate surface area is 600 Å². The summed E-state index contributed by atoms with van der Waals surface area (Å²) in [5.74, 6) is 7.56. The molecule has 5 aromatic heterocycles. The van der Waals surface area contributed by atoms with Crippen LogP contribution in [0.3, 0.4) is 0 Å². The molecule has 12 N–H and O–H groups in total. The quantitative estimate of drug-likeness (QED) is 0.0325. The standard InChI is InChI=1S/C28H32N6O3.C25H24N6O3.C24H24N6O3/c1-32(2)14-6-9-23(35)33-17-28(18-33)15-20(16-28)34-26(29)24(27(30)36)25(31-34)19-10-12-22(13-11-19)37-21-7-4-3-5-8-21;1-2-6-20(32)30-14-25(15-30)11-17(12-25)31-23(26)21(24(27)33)22(29-31)16-9-10-19(28-13-16)34-18-7-4-3-5-8-18;1-2-19(31)29-13-24(14-29)10-16(11-24)30-22(25)20(23(26)32)21(28-30)15-8-9-18(27-12-15)33-17-6-4-3-5-7-17/h3-13,20H,14-18,29H2,1-2H3,(H2,30,36);3-5,7-10,13,17H,11-12,14-15,26H2,1H3,(H2,27,33);2-9,12,16H,1,10-11,13-14,25H2,(H2,26,32)/b9-6+;;. The minimum absolute atomic E-state index is 0.0370. The summed E-state index contributed by atoms with van der Waals surface area (Å²) in [4.78, 5) is 88.9. The topological polar surface area (TPSA) is 378 Å². The summed E-state index contributed by atoms with van der Waals surface area (Å²) in [6.45, 7) is 10.2. The molecule has 27 heteroatoms. The van der Waals surface area contributed by atoms with Gasteiger partial charge in [0.25, 0.3) is 23.6 Å². The molecule has 0 radical (unpaired) electrons. The lowest BCUT2D eigenvalue weighted by Gasteiger charge is -2.58. The molecule has 15 rings (SSSR count). The fourth-order valence-corrected chi connectivity index (χ4v) is 14.8. The zero-order valence-electron chi connectivity index (χ0n) is 57.8. The Hall–Kier alpha value is -12.6. The van der Waals surface area contributed by atoms with E-state index in [0.717, 1.165) is 69.5 Å². The zero-order valence-corrected chi connectivity index (χ0v) is 57.8. The lowest BCUT2D eigenvalue weighted by Crippen LogP contribution is -2.63. The van der Waals surface area contributed by atoms with Crippen LogP contribution in [-0.2, 0) is 14.4 Å². The maximum absolute atomic E-state index is 12.4. The third kappa shape index (κ3) is 14.4. The largest absolute Gasteiger partial charge is 0.457 e. The number of aromatic nitrogens is 8. The molecule has 3 spiro atoms. The van der Waals surface area contributed by atoms with Crippen LogP contribution in [-0.4, -0.2) is 154 Å². The van der Waals surface area contributed by atoms with Crippen molar-refractivity contribution in [1.29, 1.82) is 0 Å². The van der Waals surface area contributed by atoms with Crippen molar-refractivity contribution in [3.05, 3.63) is 193 Å². The van der Waals surface area contributed by atoms with Crippen LogP contribution < -0.4 is 48.6 Å². The van der Waals surface area contributed by atoms with Crippen molar-refractivity contribution in [1.82, 2.24) is 58.9 Å². The summed E-state index contributed by atoms with van der Waals surface area (Å²) in [7, 11) is 3.93. The predicted octanol–water partition coefficient (Wildman–Crippen LogP) is 8.68. The van der Waals surface area contributed by atoms with Gasteiger partial charge in [0.1, 0.15) is 74.2 Å². The molecule has 0 bridgehead atoms. The molecule has 27 nitrogen and oxygen atoms in total. The first kappa shape index (κ1) is 69.9. The Morgan fingerprint density at radius 3 is 1.18 bits per heavy atom. The van der Waals surface area contributed by atoms with Crippen LogP contribution in [0.4, 0.5) is 17.5 Å². The van der Waals surface area contributed by atoms with Crippen molar-refractivity contribution < 1.29 is 43.0 Å². The number of hydrogen-bond donors (Lipinski definition) is 6. The summed E-state index contributed by atoms with van der Waals surface area (Å²) in [5.41, 5.74) is 40.1. The van der Waals surface area contributed by atoms with Crippen molar-refractivity contribution in [2.24, 2.45) is 33.4 Å². The summed E-state index contributed by atoms with van der Waals surface area (Å²) < 4.78 is 22.4. The minimum atomic E-state index is -0.643. The second-order valence-electron chi connectivity index (χ2n) is 27.8. The van der Waals surface area contributed by atoms with Crippen molar-refractivity contribution >= 4 is 52.9 Å². The van der Waals surface area contributed by atoms with Crippen molar-refractivity contribution in [3.63, 3.8) is 0 Å². The third-order valence-electron chi connectivity index (χ3n) is 19.9. The minimum Gasteiger partial charge on any atom is -0.457 e. The zero-order chi connectivity index (χ0) is 73.2. The lowest BCUT2D eigenvalue weighted by atomic mass is 9.60. The van der Waals surface area contributed by atoms with Gasteiger partial charge in [-0.3, -0.25) is 28.8 Å². The summed E-state index contributed by atoms with van der Waals surface area (Å²) in [5, 5.41) is 14.0. The Balaban J connectivity index is 0.000000139. The SMILES string of the molecule is C=CC(=O)N1CC2(CC(n3nc(-c4ccc(Oc5ccccc5)nc4)c(C(N)=O)c3N)C2)C1.CC#CC(=O)N1CC2(CC(n3nc(-c4ccc(Oc5ccccc5)nc4)c(C(N)=O)c3N)C2)C1.CN(C)C/C=C/C(=O)N1CC2(CC(n3nc(-c4ccc(Oc5ccccc5)cc4)c(C(N)=O)c3N)C2)C1. The van der Waals surface area contributed by atoms with Crippen LogP contribution in [0.2, 0.25) is 0 Å². The van der Waals surface area contributed by atoms with Crippen LogP contribution in [0.1, 0.15) is 94.6 Å². The molecule has 3 saturated carbocycles. The van der Waals surface area contributed by atoms with E-state index in [4.69, 9.17) is 53.7 Å². The van der Waals surface area contributed by atoms with E-state index < -0.39 is 17.7 Å². The van der Waals surface area contributed by atoms with Crippen LogP contribution in [0.15, 0.2) is 177 Å². The molecular formula is C77H80N18O9. The number of ether oxygens (including phenoxy) is 3. The van der Waals surface area contributed by atoms with Gasteiger partial charge >= 0.3 is 0 Å².